The van der Waals surface area contributed by atoms with E-state index in [-0.39, 0.29) is 0 Å². The van der Waals surface area contributed by atoms with Crippen LogP contribution in [0.4, 0.5) is 0 Å². The molecule has 1 fully saturated rings. The van der Waals surface area contributed by atoms with Crippen LogP contribution in [0.25, 0.3) is 0 Å². The van der Waals surface area contributed by atoms with Gasteiger partial charge in [-0.15, -0.1) is 0 Å². The summed E-state index contributed by atoms with van der Waals surface area (Å²) in [6, 6.07) is 0.805. The highest BCUT2D eigenvalue weighted by Gasteiger charge is 2.24. The van der Waals surface area contributed by atoms with Gasteiger partial charge in [-0.3, -0.25) is 0 Å². The SMILES string of the molecule is CCNC(CCC(C)C)CC1CC1. The van der Waals surface area contributed by atoms with Crippen molar-refractivity contribution in [2.75, 3.05) is 6.54 Å². The van der Waals surface area contributed by atoms with Gasteiger partial charge in [0.15, 0.2) is 0 Å². The zero-order valence-corrected chi connectivity index (χ0v) is 9.47. The smallest absolute Gasteiger partial charge is 0.00696 e. The summed E-state index contributed by atoms with van der Waals surface area (Å²) < 4.78 is 0. The maximum Gasteiger partial charge on any atom is 0.00696 e. The summed E-state index contributed by atoms with van der Waals surface area (Å²) in [6.07, 6.45) is 7.17. The van der Waals surface area contributed by atoms with Crippen molar-refractivity contribution in [1.29, 1.82) is 0 Å². The van der Waals surface area contributed by atoms with Gasteiger partial charge in [-0.1, -0.05) is 33.6 Å². The minimum Gasteiger partial charge on any atom is -0.314 e. The average Bonchev–Trinajstić information content (AvgIpc) is 2.84. The Hall–Kier alpha value is -0.0400. The van der Waals surface area contributed by atoms with E-state index in [2.05, 4.69) is 26.1 Å². The Morgan fingerprint density at radius 3 is 2.38 bits per heavy atom. The normalized spacial score (nSPS) is 19.4. The summed E-state index contributed by atoms with van der Waals surface area (Å²) in [5.74, 6) is 1.93. The van der Waals surface area contributed by atoms with Crippen molar-refractivity contribution in [3.05, 3.63) is 0 Å². The van der Waals surface area contributed by atoms with Crippen LogP contribution in [0.3, 0.4) is 0 Å². The molecule has 0 amide bonds. The highest BCUT2D eigenvalue weighted by molar-refractivity contribution is 4.80. The third kappa shape index (κ3) is 5.30. The molecule has 1 nitrogen and oxygen atoms in total. The predicted molar refractivity (Wildman–Crippen MR) is 58.9 cm³/mol. The van der Waals surface area contributed by atoms with Crippen molar-refractivity contribution >= 4 is 0 Å². The van der Waals surface area contributed by atoms with Gasteiger partial charge in [0.05, 0.1) is 0 Å². The van der Waals surface area contributed by atoms with Crippen LogP contribution in [0, 0.1) is 11.8 Å². The number of nitrogens with one attached hydrogen (secondary N) is 1. The van der Waals surface area contributed by atoms with Gasteiger partial charge >= 0.3 is 0 Å². The van der Waals surface area contributed by atoms with Crippen molar-refractivity contribution in [2.24, 2.45) is 11.8 Å². The Bertz CT molecular complexity index is 127. The predicted octanol–water partition coefficient (Wildman–Crippen LogP) is 3.20. The Balaban J connectivity index is 2.11. The average molecular weight is 183 g/mol. The van der Waals surface area contributed by atoms with E-state index >= 15 is 0 Å². The molecular formula is C12H25N. The van der Waals surface area contributed by atoms with Crippen molar-refractivity contribution in [3.63, 3.8) is 0 Å². The fourth-order valence-corrected chi connectivity index (χ4v) is 1.88. The van der Waals surface area contributed by atoms with Crippen LogP contribution in [-0.4, -0.2) is 12.6 Å². The van der Waals surface area contributed by atoms with Crippen molar-refractivity contribution in [1.82, 2.24) is 5.32 Å². The standard InChI is InChI=1S/C12H25N/c1-4-13-12(8-5-10(2)3)9-11-6-7-11/h10-13H,4-9H2,1-3H3. The topological polar surface area (TPSA) is 12.0 Å². The maximum atomic E-state index is 3.61. The molecule has 0 aromatic heterocycles. The molecule has 0 saturated heterocycles. The molecule has 0 bridgehead atoms. The van der Waals surface area contributed by atoms with Crippen molar-refractivity contribution < 1.29 is 0 Å². The zero-order chi connectivity index (χ0) is 9.68. The van der Waals surface area contributed by atoms with E-state index in [0.29, 0.717) is 0 Å². The molecule has 1 atom stereocenters. The second-order valence-electron chi connectivity index (χ2n) is 4.90. The molecule has 1 N–H and O–H groups in total. The second-order valence-corrected chi connectivity index (χ2v) is 4.90. The number of hydrogen-bond donors (Lipinski definition) is 1. The Kier molecular flexibility index (Phi) is 4.79. The summed E-state index contributed by atoms with van der Waals surface area (Å²) >= 11 is 0. The molecule has 1 rings (SSSR count). The van der Waals surface area contributed by atoms with Crippen LogP contribution in [0.15, 0.2) is 0 Å². The fourth-order valence-electron chi connectivity index (χ4n) is 1.88. The van der Waals surface area contributed by atoms with Gasteiger partial charge in [-0.05, 0) is 37.6 Å². The first-order chi connectivity index (χ1) is 6.22. The Labute approximate surface area is 83.3 Å². The van der Waals surface area contributed by atoms with Crippen LogP contribution < -0.4 is 5.32 Å². The summed E-state index contributed by atoms with van der Waals surface area (Å²) in [5.41, 5.74) is 0. The van der Waals surface area contributed by atoms with Gasteiger partial charge in [0.25, 0.3) is 0 Å². The molecule has 1 aliphatic rings. The number of hydrogen-bond acceptors (Lipinski definition) is 1. The fraction of sp³-hybridized carbons (Fsp3) is 1.00. The largest absolute Gasteiger partial charge is 0.314 e. The Morgan fingerprint density at radius 1 is 1.23 bits per heavy atom. The first kappa shape index (κ1) is 11.0. The molecule has 1 heteroatoms. The molecule has 1 saturated carbocycles. The van der Waals surface area contributed by atoms with Crippen LogP contribution in [0.5, 0.6) is 0 Å². The molecule has 0 aliphatic heterocycles. The van der Waals surface area contributed by atoms with Gasteiger partial charge in [0.1, 0.15) is 0 Å². The quantitative estimate of drug-likeness (QED) is 0.639. The van der Waals surface area contributed by atoms with E-state index in [1.54, 1.807) is 0 Å². The monoisotopic (exact) mass is 183 g/mol. The molecule has 0 heterocycles. The lowest BCUT2D eigenvalue weighted by molar-refractivity contribution is 0.402. The first-order valence-electron chi connectivity index (χ1n) is 5.95. The summed E-state index contributed by atoms with van der Waals surface area (Å²) in [5, 5.41) is 3.61. The van der Waals surface area contributed by atoms with E-state index in [0.717, 1.165) is 24.4 Å². The zero-order valence-electron chi connectivity index (χ0n) is 9.47. The van der Waals surface area contributed by atoms with Gasteiger partial charge in [0, 0.05) is 6.04 Å². The third-order valence-electron chi connectivity index (χ3n) is 2.90. The van der Waals surface area contributed by atoms with Crippen LogP contribution in [0.1, 0.15) is 52.9 Å². The molecule has 0 aromatic carbocycles. The lowest BCUT2D eigenvalue weighted by atomic mass is 9.99. The second kappa shape index (κ2) is 5.64. The highest BCUT2D eigenvalue weighted by atomic mass is 14.9. The van der Waals surface area contributed by atoms with E-state index in [1.165, 1.54) is 32.1 Å². The summed E-state index contributed by atoms with van der Waals surface area (Å²) in [6.45, 7) is 7.99. The van der Waals surface area contributed by atoms with Gasteiger partial charge in [-0.2, -0.15) is 0 Å². The molecule has 0 radical (unpaired) electrons. The minimum absolute atomic E-state index is 0.805. The summed E-state index contributed by atoms with van der Waals surface area (Å²) in [7, 11) is 0. The molecule has 78 valence electrons. The molecule has 0 spiro atoms. The van der Waals surface area contributed by atoms with E-state index in [1.807, 2.05) is 0 Å². The first-order valence-corrected chi connectivity index (χ1v) is 5.95. The van der Waals surface area contributed by atoms with E-state index in [4.69, 9.17) is 0 Å². The summed E-state index contributed by atoms with van der Waals surface area (Å²) in [4.78, 5) is 0. The van der Waals surface area contributed by atoms with Gasteiger partial charge < -0.3 is 5.32 Å². The van der Waals surface area contributed by atoms with Crippen LogP contribution in [-0.2, 0) is 0 Å². The third-order valence-corrected chi connectivity index (χ3v) is 2.90. The molecule has 13 heavy (non-hydrogen) atoms. The Morgan fingerprint density at radius 2 is 1.92 bits per heavy atom. The molecular weight excluding hydrogens is 158 g/mol. The van der Waals surface area contributed by atoms with Gasteiger partial charge in [0.2, 0.25) is 0 Å². The van der Waals surface area contributed by atoms with Crippen molar-refractivity contribution in [2.45, 2.75) is 58.9 Å². The lowest BCUT2D eigenvalue weighted by Crippen LogP contribution is -2.29. The maximum absolute atomic E-state index is 3.61. The molecule has 1 aliphatic carbocycles. The van der Waals surface area contributed by atoms with Crippen LogP contribution in [0.2, 0.25) is 0 Å². The van der Waals surface area contributed by atoms with Crippen molar-refractivity contribution in [3.8, 4) is 0 Å². The van der Waals surface area contributed by atoms with Gasteiger partial charge in [-0.25, -0.2) is 0 Å². The highest BCUT2D eigenvalue weighted by Crippen LogP contribution is 2.34. The van der Waals surface area contributed by atoms with E-state index in [9.17, 15) is 0 Å². The van der Waals surface area contributed by atoms with Crippen LogP contribution >= 0.6 is 0 Å². The molecule has 0 aromatic rings. The number of rotatable bonds is 7. The minimum atomic E-state index is 0.805. The van der Waals surface area contributed by atoms with E-state index < -0.39 is 0 Å². The molecule has 1 unspecified atom stereocenters. The lowest BCUT2D eigenvalue weighted by Gasteiger charge is -2.18.